The number of methoxy groups -OCH3 is 1. The summed E-state index contributed by atoms with van der Waals surface area (Å²) >= 11 is 0. The first kappa shape index (κ1) is 21.1. The number of aliphatic carboxylic acids is 1. The van der Waals surface area contributed by atoms with Crippen molar-refractivity contribution in [3.05, 3.63) is 65.2 Å². The number of carboxylic acid groups (broad SMARTS) is 1. The van der Waals surface area contributed by atoms with Crippen LogP contribution in [0.3, 0.4) is 0 Å². The lowest BCUT2D eigenvalue weighted by Gasteiger charge is -2.39. The molecule has 0 aromatic heterocycles. The first-order chi connectivity index (χ1) is 15.0. The van der Waals surface area contributed by atoms with E-state index in [0.717, 1.165) is 30.0 Å². The molecule has 2 aromatic rings. The monoisotopic (exact) mass is 420 g/mol. The number of carboxylic acids is 1. The summed E-state index contributed by atoms with van der Waals surface area (Å²) in [6.45, 7) is 1.86. The van der Waals surface area contributed by atoms with Gasteiger partial charge < -0.3 is 14.7 Å². The fourth-order valence-corrected chi connectivity index (χ4v) is 4.76. The molecule has 4 rings (SSSR count). The molecule has 0 aliphatic carbocycles. The van der Waals surface area contributed by atoms with Crippen LogP contribution >= 0.6 is 0 Å². The smallest absolute Gasteiger partial charge is 0.303 e. The van der Waals surface area contributed by atoms with E-state index < -0.39 is 5.97 Å². The van der Waals surface area contributed by atoms with Crippen molar-refractivity contribution in [2.24, 2.45) is 16.8 Å². The Morgan fingerprint density at radius 3 is 2.71 bits per heavy atom. The highest BCUT2D eigenvalue weighted by Crippen LogP contribution is 2.33. The van der Waals surface area contributed by atoms with Gasteiger partial charge in [0, 0.05) is 37.3 Å². The van der Waals surface area contributed by atoms with E-state index in [9.17, 15) is 14.7 Å². The van der Waals surface area contributed by atoms with Crippen molar-refractivity contribution in [1.82, 2.24) is 4.90 Å². The van der Waals surface area contributed by atoms with Crippen molar-refractivity contribution in [1.29, 1.82) is 0 Å². The van der Waals surface area contributed by atoms with Crippen LogP contribution in [-0.4, -0.2) is 54.3 Å². The van der Waals surface area contributed by atoms with Crippen LogP contribution in [0.5, 0.6) is 5.75 Å². The molecule has 1 amide bonds. The fraction of sp³-hybridized carbons (Fsp3) is 0.400. The summed E-state index contributed by atoms with van der Waals surface area (Å²) < 4.78 is 5.36. The quantitative estimate of drug-likeness (QED) is 0.773. The zero-order valence-corrected chi connectivity index (χ0v) is 17.8. The first-order valence-corrected chi connectivity index (χ1v) is 10.8. The minimum atomic E-state index is -0.784. The number of ether oxygens (including phenoxy) is 1. The predicted octanol–water partition coefficient (Wildman–Crippen LogP) is 3.68. The maximum Gasteiger partial charge on any atom is 0.303 e. The standard InChI is InChI=1S/C25H28N2O4/c1-31-21-7-8-22-19(13-21)9-11-26-23(22)14-20-16-27(12-10-18(20)15-24(28)29)25(30)17-5-3-2-4-6-17/h2-8,13,18,20H,9-12,14-16H2,1H3,(H,28,29)/t18-,20-/m0/s1. The Balaban J connectivity index is 1.55. The van der Waals surface area contributed by atoms with E-state index in [4.69, 9.17) is 9.73 Å². The Morgan fingerprint density at radius 1 is 1.16 bits per heavy atom. The molecule has 1 N–H and O–H groups in total. The maximum absolute atomic E-state index is 13.0. The lowest BCUT2D eigenvalue weighted by molar-refractivity contribution is -0.138. The molecule has 0 radical (unpaired) electrons. The van der Waals surface area contributed by atoms with E-state index in [2.05, 4.69) is 6.07 Å². The van der Waals surface area contributed by atoms with E-state index in [-0.39, 0.29) is 24.2 Å². The Hall–Kier alpha value is -3.15. The van der Waals surface area contributed by atoms with Gasteiger partial charge in [0.25, 0.3) is 5.91 Å². The Kier molecular flexibility index (Phi) is 6.35. The number of aliphatic imine (C=N–C) groups is 1. The average Bonchev–Trinajstić information content (AvgIpc) is 2.79. The summed E-state index contributed by atoms with van der Waals surface area (Å²) in [4.78, 5) is 31.1. The second-order valence-corrected chi connectivity index (χ2v) is 8.33. The van der Waals surface area contributed by atoms with Crippen molar-refractivity contribution in [2.45, 2.75) is 25.7 Å². The highest BCUT2D eigenvalue weighted by Gasteiger charge is 2.34. The molecular weight excluding hydrogens is 392 g/mol. The lowest BCUT2D eigenvalue weighted by atomic mass is 9.78. The third-order valence-electron chi connectivity index (χ3n) is 6.40. The number of carbonyl (C=O) groups excluding carboxylic acids is 1. The van der Waals surface area contributed by atoms with Gasteiger partial charge in [-0.25, -0.2) is 0 Å². The molecule has 0 saturated carbocycles. The summed E-state index contributed by atoms with van der Waals surface area (Å²) in [7, 11) is 1.66. The molecule has 2 aromatic carbocycles. The molecular formula is C25H28N2O4. The van der Waals surface area contributed by atoms with E-state index in [1.165, 1.54) is 5.56 Å². The van der Waals surface area contributed by atoms with Gasteiger partial charge in [0.15, 0.2) is 0 Å². The molecule has 31 heavy (non-hydrogen) atoms. The first-order valence-electron chi connectivity index (χ1n) is 10.8. The van der Waals surface area contributed by atoms with Crippen LogP contribution in [0.25, 0.3) is 0 Å². The second-order valence-electron chi connectivity index (χ2n) is 8.33. The van der Waals surface area contributed by atoms with Gasteiger partial charge in [-0.3, -0.25) is 14.6 Å². The van der Waals surface area contributed by atoms with Crippen molar-refractivity contribution < 1.29 is 19.4 Å². The number of rotatable bonds is 6. The molecule has 6 nitrogen and oxygen atoms in total. The topological polar surface area (TPSA) is 79.2 Å². The summed E-state index contributed by atoms with van der Waals surface area (Å²) in [5.41, 5.74) is 4.02. The van der Waals surface area contributed by atoms with E-state index in [0.29, 0.717) is 31.5 Å². The largest absolute Gasteiger partial charge is 0.497 e. The summed E-state index contributed by atoms with van der Waals surface area (Å²) in [6.07, 6.45) is 2.37. The molecule has 2 atom stereocenters. The van der Waals surface area contributed by atoms with Crippen LogP contribution in [-0.2, 0) is 11.2 Å². The van der Waals surface area contributed by atoms with Gasteiger partial charge in [-0.1, -0.05) is 18.2 Å². The number of piperidine rings is 1. The molecule has 1 saturated heterocycles. The van der Waals surface area contributed by atoms with Gasteiger partial charge in [0.2, 0.25) is 0 Å². The van der Waals surface area contributed by atoms with Crippen LogP contribution in [0.15, 0.2) is 53.5 Å². The lowest BCUT2D eigenvalue weighted by Crippen LogP contribution is -2.45. The zero-order chi connectivity index (χ0) is 21.8. The van der Waals surface area contributed by atoms with Crippen LogP contribution < -0.4 is 4.74 Å². The van der Waals surface area contributed by atoms with E-state index >= 15 is 0 Å². The molecule has 162 valence electrons. The van der Waals surface area contributed by atoms with Gasteiger partial charge >= 0.3 is 5.97 Å². The highest BCUT2D eigenvalue weighted by molar-refractivity contribution is 6.03. The third kappa shape index (κ3) is 4.79. The van der Waals surface area contributed by atoms with E-state index in [1.807, 2.05) is 47.4 Å². The molecule has 2 aliphatic heterocycles. The number of benzene rings is 2. The summed E-state index contributed by atoms with van der Waals surface area (Å²) in [5, 5.41) is 9.43. The molecule has 2 aliphatic rings. The molecule has 2 heterocycles. The number of amides is 1. The highest BCUT2D eigenvalue weighted by atomic mass is 16.5. The number of carbonyl (C=O) groups is 2. The predicted molar refractivity (Wildman–Crippen MR) is 119 cm³/mol. The van der Waals surface area contributed by atoms with Crippen molar-refractivity contribution in [3.63, 3.8) is 0 Å². The number of fused-ring (bicyclic) bond motifs is 1. The van der Waals surface area contributed by atoms with Crippen LogP contribution in [0.2, 0.25) is 0 Å². The minimum Gasteiger partial charge on any atom is -0.497 e. The van der Waals surface area contributed by atoms with Crippen molar-refractivity contribution in [3.8, 4) is 5.75 Å². The Bertz CT molecular complexity index is 986. The second kappa shape index (κ2) is 9.33. The number of hydrogen-bond donors (Lipinski definition) is 1. The minimum absolute atomic E-state index is 0.00935. The summed E-state index contributed by atoms with van der Waals surface area (Å²) in [6, 6.07) is 15.3. The van der Waals surface area contributed by atoms with Crippen molar-refractivity contribution >= 4 is 17.6 Å². The average molecular weight is 421 g/mol. The molecule has 0 bridgehead atoms. The Morgan fingerprint density at radius 2 is 1.97 bits per heavy atom. The summed E-state index contributed by atoms with van der Waals surface area (Å²) in [5.74, 6) is 0.151. The van der Waals surface area contributed by atoms with Crippen LogP contribution in [0, 0.1) is 11.8 Å². The van der Waals surface area contributed by atoms with Gasteiger partial charge in [0.05, 0.1) is 7.11 Å². The van der Waals surface area contributed by atoms with Crippen molar-refractivity contribution in [2.75, 3.05) is 26.7 Å². The SMILES string of the molecule is COc1ccc2c(c1)CCN=C2C[C@H]1CN(C(=O)c2ccccc2)CC[C@H]1CC(=O)O. The number of hydrogen-bond acceptors (Lipinski definition) is 4. The van der Waals surface area contributed by atoms with E-state index in [1.54, 1.807) is 7.11 Å². The molecule has 6 heteroatoms. The van der Waals surface area contributed by atoms with Gasteiger partial charge in [-0.2, -0.15) is 0 Å². The molecule has 0 unspecified atom stereocenters. The van der Waals surface area contributed by atoms with Gasteiger partial charge in [-0.05, 0) is 72.6 Å². The number of nitrogens with zero attached hydrogens (tertiary/aromatic N) is 2. The Labute approximate surface area is 182 Å². The van der Waals surface area contributed by atoms with Gasteiger partial charge in [-0.15, -0.1) is 0 Å². The zero-order valence-electron chi connectivity index (χ0n) is 17.8. The number of likely N-dealkylation sites (tertiary alicyclic amines) is 1. The third-order valence-corrected chi connectivity index (χ3v) is 6.40. The molecule has 1 fully saturated rings. The normalized spacial score (nSPS) is 20.5. The maximum atomic E-state index is 13.0. The van der Waals surface area contributed by atoms with Gasteiger partial charge in [0.1, 0.15) is 5.75 Å². The molecule has 0 spiro atoms. The van der Waals surface area contributed by atoms with Crippen LogP contribution in [0.1, 0.15) is 40.7 Å². The fourth-order valence-electron chi connectivity index (χ4n) is 4.76. The van der Waals surface area contributed by atoms with Crippen LogP contribution in [0.4, 0.5) is 0 Å².